The molecule has 1 saturated carbocycles. The summed E-state index contributed by atoms with van der Waals surface area (Å²) in [6, 6.07) is 10.2. The van der Waals surface area contributed by atoms with Crippen LogP contribution in [0.3, 0.4) is 0 Å². The number of carbonyl (C=O) groups is 1. The molecule has 1 aliphatic heterocycles. The molecule has 1 saturated heterocycles. The number of carbonyl (C=O) groups excluding carboxylic acids is 1. The van der Waals surface area contributed by atoms with Crippen molar-refractivity contribution in [3.63, 3.8) is 0 Å². The minimum atomic E-state index is -0.659. The van der Waals surface area contributed by atoms with Gasteiger partial charge in [-0.3, -0.25) is 4.79 Å². The highest BCUT2D eigenvalue weighted by molar-refractivity contribution is 5.79. The monoisotopic (exact) mass is 245 g/mol. The van der Waals surface area contributed by atoms with E-state index in [0.29, 0.717) is 18.8 Å². The number of aliphatic hydroxyl groups excluding tert-OH is 1. The molecule has 1 aromatic carbocycles. The molecule has 0 aromatic heterocycles. The maximum Gasteiger partial charge on any atom is 0.225 e. The molecule has 96 valence electrons. The highest BCUT2D eigenvalue weighted by atomic mass is 16.3. The second-order valence-electron chi connectivity index (χ2n) is 5.43. The molecule has 3 heteroatoms. The molecule has 2 unspecified atom stereocenters. The highest BCUT2D eigenvalue weighted by Crippen LogP contribution is 2.39. The van der Waals surface area contributed by atoms with Gasteiger partial charge in [0.2, 0.25) is 5.91 Å². The van der Waals surface area contributed by atoms with Crippen molar-refractivity contribution in [3.8, 4) is 0 Å². The van der Waals surface area contributed by atoms with Crippen LogP contribution in [-0.4, -0.2) is 28.2 Å². The van der Waals surface area contributed by atoms with E-state index in [0.717, 1.165) is 18.4 Å². The second-order valence-corrected chi connectivity index (χ2v) is 5.43. The van der Waals surface area contributed by atoms with Gasteiger partial charge < -0.3 is 10.0 Å². The number of amides is 1. The van der Waals surface area contributed by atoms with Gasteiger partial charge in [0.15, 0.2) is 0 Å². The molecule has 0 radical (unpaired) electrons. The fourth-order valence-corrected chi connectivity index (χ4v) is 3.45. The maximum atomic E-state index is 12.0. The number of fused-ring (bicyclic) bond motifs is 1. The molecule has 1 N–H and O–H groups in total. The molecule has 3 atom stereocenters. The van der Waals surface area contributed by atoms with Crippen molar-refractivity contribution in [3.05, 3.63) is 35.9 Å². The number of rotatable bonds is 3. The molecule has 3 rings (SSSR count). The van der Waals surface area contributed by atoms with E-state index in [2.05, 4.69) is 0 Å². The number of hydrogen-bond donors (Lipinski definition) is 1. The Morgan fingerprint density at radius 1 is 1.28 bits per heavy atom. The third-order valence-corrected chi connectivity index (χ3v) is 4.28. The molecule has 1 heterocycles. The zero-order valence-electron chi connectivity index (χ0n) is 10.5. The van der Waals surface area contributed by atoms with Crippen LogP contribution in [0.5, 0.6) is 0 Å². The summed E-state index contributed by atoms with van der Waals surface area (Å²) in [5.74, 6) is 0.621. The second kappa shape index (κ2) is 4.73. The Balaban J connectivity index is 1.72. The Hall–Kier alpha value is -1.35. The predicted octanol–water partition coefficient (Wildman–Crippen LogP) is 1.95. The van der Waals surface area contributed by atoms with Gasteiger partial charge >= 0.3 is 0 Å². The Labute approximate surface area is 107 Å². The first-order chi connectivity index (χ1) is 8.75. The standard InChI is InChI=1S/C15H19NO2/c17-14(9-11-5-2-1-3-6-11)16-13-8-4-7-12(13)10-15(16)18/h1-3,5-6,12-14,17H,4,7-10H2/t12?,13?,14-/m1/s1. The average molecular weight is 245 g/mol. The Bertz CT molecular complexity index is 431. The Morgan fingerprint density at radius 3 is 2.83 bits per heavy atom. The van der Waals surface area contributed by atoms with Crippen LogP contribution in [0.15, 0.2) is 30.3 Å². The van der Waals surface area contributed by atoms with E-state index in [4.69, 9.17) is 0 Å². The summed E-state index contributed by atoms with van der Waals surface area (Å²) in [4.78, 5) is 13.7. The molecule has 1 aliphatic carbocycles. The van der Waals surface area contributed by atoms with Crippen molar-refractivity contribution in [2.45, 2.75) is 44.4 Å². The number of aliphatic hydroxyl groups is 1. The van der Waals surface area contributed by atoms with E-state index >= 15 is 0 Å². The first-order valence-electron chi connectivity index (χ1n) is 6.79. The third-order valence-electron chi connectivity index (χ3n) is 4.28. The van der Waals surface area contributed by atoms with Gasteiger partial charge in [0.1, 0.15) is 6.23 Å². The van der Waals surface area contributed by atoms with Gasteiger partial charge in [-0.15, -0.1) is 0 Å². The number of likely N-dealkylation sites (tertiary alicyclic amines) is 1. The van der Waals surface area contributed by atoms with Gasteiger partial charge in [-0.1, -0.05) is 36.8 Å². The lowest BCUT2D eigenvalue weighted by atomic mass is 10.0. The van der Waals surface area contributed by atoms with Crippen molar-refractivity contribution in [1.82, 2.24) is 4.90 Å². The highest BCUT2D eigenvalue weighted by Gasteiger charge is 2.44. The molecular weight excluding hydrogens is 226 g/mol. The molecule has 1 aromatic rings. The van der Waals surface area contributed by atoms with Crippen LogP contribution in [-0.2, 0) is 11.2 Å². The molecule has 0 spiro atoms. The summed E-state index contributed by atoms with van der Waals surface area (Å²) in [6.07, 6.45) is 3.91. The number of nitrogens with zero attached hydrogens (tertiary/aromatic N) is 1. The fourth-order valence-electron chi connectivity index (χ4n) is 3.45. The van der Waals surface area contributed by atoms with Gasteiger partial charge in [0.05, 0.1) is 0 Å². The van der Waals surface area contributed by atoms with Crippen molar-refractivity contribution in [1.29, 1.82) is 0 Å². The first kappa shape index (κ1) is 11.7. The van der Waals surface area contributed by atoms with Crippen molar-refractivity contribution >= 4 is 5.91 Å². The summed E-state index contributed by atoms with van der Waals surface area (Å²) in [7, 11) is 0. The van der Waals surface area contributed by atoms with Gasteiger partial charge in [0.25, 0.3) is 0 Å². The molecule has 1 amide bonds. The first-order valence-corrected chi connectivity index (χ1v) is 6.79. The molecule has 2 aliphatic rings. The van der Waals surface area contributed by atoms with E-state index in [9.17, 15) is 9.90 Å². The average Bonchev–Trinajstić information content (AvgIpc) is 2.89. The largest absolute Gasteiger partial charge is 0.373 e. The zero-order chi connectivity index (χ0) is 12.5. The number of benzene rings is 1. The van der Waals surface area contributed by atoms with Crippen LogP contribution < -0.4 is 0 Å². The lowest BCUT2D eigenvalue weighted by molar-refractivity contribution is -0.139. The van der Waals surface area contributed by atoms with Crippen LogP contribution >= 0.6 is 0 Å². The lowest BCUT2D eigenvalue weighted by Gasteiger charge is -2.29. The van der Waals surface area contributed by atoms with Gasteiger partial charge in [-0.2, -0.15) is 0 Å². The maximum absolute atomic E-state index is 12.0. The van der Waals surface area contributed by atoms with Crippen molar-refractivity contribution < 1.29 is 9.90 Å². The van der Waals surface area contributed by atoms with E-state index in [-0.39, 0.29) is 11.9 Å². The summed E-state index contributed by atoms with van der Waals surface area (Å²) < 4.78 is 0. The fraction of sp³-hybridized carbons (Fsp3) is 0.533. The minimum Gasteiger partial charge on any atom is -0.373 e. The Kier molecular flexibility index (Phi) is 3.08. The summed E-state index contributed by atoms with van der Waals surface area (Å²) >= 11 is 0. The van der Waals surface area contributed by atoms with Gasteiger partial charge in [-0.05, 0) is 24.3 Å². The molecular formula is C15H19NO2. The SMILES string of the molecule is O=C1CC2CCCC2N1[C@H](O)Cc1ccccc1. The molecule has 2 fully saturated rings. The summed E-state index contributed by atoms with van der Waals surface area (Å²) in [6.45, 7) is 0. The molecule has 18 heavy (non-hydrogen) atoms. The van der Waals surface area contributed by atoms with Crippen molar-refractivity contribution in [2.24, 2.45) is 5.92 Å². The van der Waals surface area contributed by atoms with Gasteiger partial charge in [-0.25, -0.2) is 0 Å². The number of hydrogen-bond acceptors (Lipinski definition) is 2. The predicted molar refractivity (Wildman–Crippen MR) is 68.7 cm³/mol. The van der Waals surface area contributed by atoms with Crippen LogP contribution in [0.4, 0.5) is 0 Å². The van der Waals surface area contributed by atoms with Crippen LogP contribution in [0, 0.1) is 5.92 Å². The zero-order valence-corrected chi connectivity index (χ0v) is 10.5. The van der Waals surface area contributed by atoms with E-state index < -0.39 is 6.23 Å². The molecule has 0 bridgehead atoms. The van der Waals surface area contributed by atoms with Gasteiger partial charge in [0, 0.05) is 18.9 Å². The van der Waals surface area contributed by atoms with E-state index in [1.54, 1.807) is 4.90 Å². The van der Waals surface area contributed by atoms with E-state index in [1.807, 2.05) is 30.3 Å². The van der Waals surface area contributed by atoms with Crippen LogP contribution in [0.25, 0.3) is 0 Å². The van der Waals surface area contributed by atoms with Crippen LogP contribution in [0.1, 0.15) is 31.2 Å². The topological polar surface area (TPSA) is 40.5 Å². The smallest absolute Gasteiger partial charge is 0.225 e. The molecule has 3 nitrogen and oxygen atoms in total. The third kappa shape index (κ3) is 2.03. The lowest BCUT2D eigenvalue weighted by Crippen LogP contribution is -2.43. The minimum absolute atomic E-state index is 0.133. The summed E-state index contributed by atoms with van der Waals surface area (Å²) in [5, 5.41) is 10.3. The van der Waals surface area contributed by atoms with E-state index in [1.165, 1.54) is 6.42 Å². The quantitative estimate of drug-likeness (QED) is 0.884. The Morgan fingerprint density at radius 2 is 2.06 bits per heavy atom. The normalized spacial score (nSPS) is 28.5. The summed E-state index contributed by atoms with van der Waals surface area (Å²) in [5.41, 5.74) is 1.08. The van der Waals surface area contributed by atoms with Crippen LogP contribution in [0.2, 0.25) is 0 Å². The van der Waals surface area contributed by atoms with Crippen molar-refractivity contribution in [2.75, 3.05) is 0 Å².